The summed E-state index contributed by atoms with van der Waals surface area (Å²) in [7, 11) is 2.44. The number of likely N-dealkylation sites (tertiary alicyclic amines) is 1. The van der Waals surface area contributed by atoms with Crippen molar-refractivity contribution < 1.29 is 25.7 Å². The molecule has 2 heterocycles. The fourth-order valence-electron chi connectivity index (χ4n) is 3.38. The first-order valence-corrected chi connectivity index (χ1v) is 9.03. The molecule has 0 unspecified atom stereocenters. The van der Waals surface area contributed by atoms with E-state index >= 15 is 0 Å². The van der Waals surface area contributed by atoms with Gasteiger partial charge in [-0.15, -0.1) is 0 Å². The third kappa shape index (κ3) is 11.4. The van der Waals surface area contributed by atoms with E-state index in [0.29, 0.717) is 5.06 Å². The van der Waals surface area contributed by atoms with E-state index in [1.807, 2.05) is 0 Å². The zero-order chi connectivity index (χ0) is 14.7. The summed E-state index contributed by atoms with van der Waals surface area (Å²) in [6, 6.07) is 0. The molecular formula is C17H40N2O3. The summed E-state index contributed by atoms with van der Waals surface area (Å²) in [4.78, 5) is 0. The topological polar surface area (TPSA) is 84.7 Å². The lowest BCUT2D eigenvalue weighted by Crippen LogP contribution is -3.07. The number of nitrogens with zero attached hydrogens (tertiary/aromatic N) is 1. The van der Waals surface area contributed by atoms with Gasteiger partial charge < -0.3 is 15.4 Å². The second-order valence-corrected chi connectivity index (χ2v) is 7.04. The Kier molecular flexibility index (Phi) is 15.7. The van der Waals surface area contributed by atoms with Crippen LogP contribution in [0.15, 0.2) is 0 Å². The number of hydrogen-bond donors (Lipinski definition) is 2. The molecule has 0 amide bonds. The normalized spacial score (nSPS) is 19.8. The van der Waals surface area contributed by atoms with Crippen molar-refractivity contribution in [1.82, 2.24) is 0 Å². The molecule has 0 radical (unpaired) electrons. The molecule has 2 fully saturated rings. The van der Waals surface area contributed by atoms with Crippen LogP contribution >= 0.6 is 0 Å². The molecule has 4 N–H and O–H groups in total. The summed E-state index contributed by atoms with van der Waals surface area (Å²) in [6.07, 6.45) is 14.0. The van der Waals surface area contributed by atoms with Crippen molar-refractivity contribution >= 4 is 0 Å². The smallest absolute Gasteiger partial charge is 0.107 e. The van der Waals surface area contributed by atoms with E-state index in [1.54, 1.807) is 0 Å². The Bertz CT molecular complexity index is 228. The zero-order valence-corrected chi connectivity index (χ0v) is 14.9. The fraction of sp³-hybridized carbons (Fsp3) is 1.00. The minimum atomic E-state index is 0. The number of unbranched alkanes of at least 4 members (excludes halogenated alkanes) is 5. The summed E-state index contributed by atoms with van der Waals surface area (Å²) >= 11 is 0. The lowest BCUT2D eigenvalue weighted by molar-refractivity contribution is -1.08. The largest absolute Gasteiger partial charge is 0.870 e. The van der Waals surface area contributed by atoms with Gasteiger partial charge in [0.25, 0.3) is 0 Å². The van der Waals surface area contributed by atoms with Gasteiger partial charge in [0.05, 0.1) is 26.7 Å². The Balaban J connectivity index is 0. The average molecular weight is 321 g/mol. The highest BCUT2D eigenvalue weighted by Gasteiger charge is 2.25. The second-order valence-electron chi connectivity index (χ2n) is 7.04. The molecular weight excluding hydrogens is 280 g/mol. The molecule has 0 saturated carbocycles. The summed E-state index contributed by atoms with van der Waals surface area (Å²) in [5.74, 6) is 0. The van der Waals surface area contributed by atoms with Crippen molar-refractivity contribution in [1.29, 1.82) is 0 Å². The highest BCUT2D eigenvalue weighted by atomic mass is 16.5. The first-order valence-electron chi connectivity index (χ1n) is 9.03. The fourth-order valence-corrected chi connectivity index (χ4v) is 3.38. The Morgan fingerprint density at radius 2 is 1.32 bits per heavy atom. The number of rotatable bonds is 7. The summed E-state index contributed by atoms with van der Waals surface area (Å²) < 4.78 is 1.37. The maximum atomic E-state index is 8.65. The lowest BCUT2D eigenvalue weighted by Gasteiger charge is -2.29. The molecule has 0 aromatic rings. The molecule has 0 atom stereocenters. The third-order valence-corrected chi connectivity index (χ3v) is 4.88. The number of quaternary nitrogens is 2. The first kappa shape index (κ1) is 24.1. The molecule has 2 rings (SSSR count). The zero-order valence-electron chi connectivity index (χ0n) is 14.9. The maximum absolute atomic E-state index is 8.65. The summed E-state index contributed by atoms with van der Waals surface area (Å²) in [5.41, 5.74) is 0. The Morgan fingerprint density at radius 3 is 1.77 bits per heavy atom. The van der Waals surface area contributed by atoms with Gasteiger partial charge in [0.2, 0.25) is 0 Å². The molecule has 2 aliphatic rings. The van der Waals surface area contributed by atoms with Gasteiger partial charge in [0, 0.05) is 25.7 Å². The quantitative estimate of drug-likeness (QED) is 0.557. The minimum absolute atomic E-state index is 0. The number of hydrogen-bond acceptors (Lipinski definition) is 3. The molecule has 22 heavy (non-hydrogen) atoms. The van der Waals surface area contributed by atoms with Crippen molar-refractivity contribution in [3.8, 4) is 0 Å². The predicted molar refractivity (Wildman–Crippen MR) is 89.0 cm³/mol. The van der Waals surface area contributed by atoms with E-state index in [-0.39, 0.29) is 11.0 Å². The maximum Gasteiger partial charge on any atom is 0.107 e. The van der Waals surface area contributed by atoms with Crippen molar-refractivity contribution in [2.24, 2.45) is 0 Å². The van der Waals surface area contributed by atoms with Crippen LogP contribution in [-0.4, -0.2) is 60.4 Å². The molecule has 136 valence electrons. The van der Waals surface area contributed by atoms with Gasteiger partial charge in [-0.3, -0.25) is 0 Å². The summed E-state index contributed by atoms with van der Waals surface area (Å²) in [6.45, 7) is 8.52. The van der Waals surface area contributed by atoms with Crippen LogP contribution in [0.4, 0.5) is 0 Å². The standard InChI is InChI=1S/C13H28N.C4H9NO.2H2O/c1-3-4-5-6-7-8-11-14(2)12-9-10-13-14;6-5-3-1-2-4-5;;/h3-13H2,1-2H3;6H,1-4H2;2*1H2/q+1;;;/p-1. The highest BCUT2D eigenvalue weighted by molar-refractivity contribution is 4.52. The molecule has 0 aliphatic carbocycles. The van der Waals surface area contributed by atoms with Crippen molar-refractivity contribution in [2.75, 3.05) is 39.8 Å². The van der Waals surface area contributed by atoms with Crippen LogP contribution in [0.1, 0.15) is 71.1 Å². The van der Waals surface area contributed by atoms with Crippen LogP contribution in [0.25, 0.3) is 0 Å². The first-order chi connectivity index (χ1) is 9.66. The van der Waals surface area contributed by atoms with E-state index in [0.717, 1.165) is 13.1 Å². The van der Waals surface area contributed by atoms with E-state index in [9.17, 15) is 0 Å². The van der Waals surface area contributed by atoms with E-state index in [2.05, 4.69) is 14.0 Å². The molecule has 5 nitrogen and oxygen atoms in total. The van der Waals surface area contributed by atoms with E-state index in [4.69, 9.17) is 5.21 Å². The number of nitrogens with one attached hydrogen (secondary N) is 1. The average Bonchev–Trinajstić information content (AvgIpc) is 3.07. The van der Waals surface area contributed by atoms with Crippen LogP contribution in [0.3, 0.4) is 0 Å². The Labute approximate surface area is 137 Å². The molecule has 5 heteroatoms. The van der Waals surface area contributed by atoms with Crippen LogP contribution in [0.5, 0.6) is 0 Å². The van der Waals surface area contributed by atoms with Gasteiger partial charge in [0.1, 0.15) is 13.1 Å². The van der Waals surface area contributed by atoms with Gasteiger partial charge >= 0.3 is 0 Å². The van der Waals surface area contributed by atoms with Crippen LogP contribution in [0, 0.1) is 0 Å². The summed E-state index contributed by atoms with van der Waals surface area (Å²) in [5, 5.41) is 9.35. The molecule has 0 bridgehead atoms. The van der Waals surface area contributed by atoms with Crippen LogP contribution < -0.4 is 5.06 Å². The van der Waals surface area contributed by atoms with Gasteiger partial charge in [-0.25, -0.2) is 5.21 Å². The van der Waals surface area contributed by atoms with Gasteiger partial charge in [-0.05, 0) is 12.8 Å². The van der Waals surface area contributed by atoms with E-state index < -0.39 is 0 Å². The molecule has 2 saturated heterocycles. The van der Waals surface area contributed by atoms with Gasteiger partial charge in [0.15, 0.2) is 0 Å². The lowest BCUT2D eigenvalue weighted by atomic mass is 10.1. The number of hydroxylamine groups is 2. The van der Waals surface area contributed by atoms with Crippen LogP contribution in [-0.2, 0) is 0 Å². The highest BCUT2D eigenvalue weighted by Crippen LogP contribution is 2.18. The Hall–Kier alpha value is -0.200. The van der Waals surface area contributed by atoms with Gasteiger partial charge in [-0.1, -0.05) is 32.6 Å². The van der Waals surface area contributed by atoms with Crippen molar-refractivity contribution in [3.05, 3.63) is 0 Å². The molecule has 0 spiro atoms. The predicted octanol–water partition coefficient (Wildman–Crippen LogP) is 2.29. The molecule has 0 aromatic carbocycles. The molecule has 2 aliphatic heterocycles. The van der Waals surface area contributed by atoms with Gasteiger partial charge in [-0.2, -0.15) is 5.06 Å². The van der Waals surface area contributed by atoms with E-state index in [1.165, 1.54) is 88.3 Å². The van der Waals surface area contributed by atoms with Crippen molar-refractivity contribution in [3.63, 3.8) is 0 Å². The Morgan fingerprint density at radius 1 is 0.818 bits per heavy atom. The monoisotopic (exact) mass is 320 g/mol. The SMILES string of the molecule is CCCCCCCC[N+]1(C)CCCC1.O[NH+]1CCCC1.[OH-].[OH-]. The van der Waals surface area contributed by atoms with Crippen molar-refractivity contribution in [2.45, 2.75) is 71.1 Å². The second kappa shape index (κ2) is 14.4. The third-order valence-electron chi connectivity index (χ3n) is 4.88. The molecule has 0 aromatic heterocycles. The van der Waals surface area contributed by atoms with Crippen LogP contribution in [0.2, 0.25) is 0 Å². The minimum Gasteiger partial charge on any atom is -0.870 e.